The molecule has 0 radical (unpaired) electrons. The minimum Gasteiger partial charge on any atom is -0.478 e. The molecular formula is C28H31N3O3. The third-order valence-corrected chi connectivity index (χ3v) is 6.03. The fraction of sp³-hybridized carbons (Fsp3) is 0.286. The number of benzene rings is 3. The van der Waals surface area contributed by atoms with E-state index in [9.17, 15) is 14.7 Å². The SMILES string of the molecule is CCCN(CC1CC1)c1ccc(-c2ccccc2C(=O)O)cc1NC(=O)Nc1ccc(C)cc1. The summed E-state index contributed by atoms with van der Waals surface area (Å²) < 4.78 is 0. The molecule has 0 aliphatic heterocycles. The topological polar surface area (TPSA) is 81.7 Å². The number of aryl methyl sites for hydroxylation is 1. The van der Waals surface area contributed by atoms with Gasteiger partial charge in [0.05, 0.1) is 16.9 Å². The molecule has 3 aromatic carbocycles. The van der Waals surface area contributed by atoms with Crippen LogP contribution < -0.4 is 15.5 Å². The monoisotopic (exact) mass is 457 g/mol. The molecule has 3 N–H and O–H groups in total. The number of aromatic carboxylic acids is 1. The van der Waals surface area contributed by atoms with Gasteiger partial charge in [-0.15, -0.1) is 0 Å². The van der Waals surface area contributed by atoms with Crippen molar-refractivity contribution in [1.82, 2.24) is 0 Å². The van der Waals surface area contributed by atoms with Crippen LogP contribution in [0.4, 0.5) is 21.9 Å². The molecular weight excluding hydrogens is 426 g/mol. The van der Waals surface area contributed by atoms with E-state index in [1.165, 1.54) is 12.8 Å². The normalized spacial score (nSPS) is 12.8. The minimum absolute atomic E-state index is 0.230. The highest BCUT2D eigenvalue weighted by Crippen LogP contribution is 2.37. The lowest BCUT2D eigenvalue weighted by Crippen LogP contribution is -2.28. The molecule has 4 rings (SSSR count). The number of rotatable bonds is 9. The number of carboxylic acids is 1. The Morgan fingerprint density at radius 1 is 1.00 bits per heavy atom. The van der Waals surface area contributed by atoms with Crippen LogP contribution in [-0.2, 0) is 0 Å². The molecule has 1 fully saturated rings. The summed E-state index contributed by atoms with van der Waals surface area (Å²) in [5, 5.41) is 15.6. The Labute approximate surface area is 200 Å². The van der Waals surface area contributed by atoms with Crippen molar-refractivity contribution < 1.29 is 14.7 Å². The molecule has 34 heavy (non-hydrogen) atoms. The van der Waals surface area contributed by atoms with E-state index < -0.39 is 5.97 Å². The number of hydrogen-bond acceptors (Lipinski definition) is 3. The lowest BCUT2D eigenvalue weighted by Gasteiger charge is -2.27. The second-order valence-electron chi connectivity index (χ2n) is 8.92. The molecule has 2 amide bonds. The lowest BCUT2D eigenvalue weighted by molar-refractivity contribution is 0.0697. The van der Waals surface area contributed by atoms with Crippen LogP contribution in [0.5, 0.6) is 0 Å². The Balaban J connectivity index is 1.69. The summed E-state index contributed by atoms with van der Waals surface area (Å²) in [6.45, 7) is 5.98. The summed E-state index contributed by atoms with van der Waals surface area (Å²) >= 11 is 0. The van der Waals surface area contributed by atoms with Gasteiger partial charge in [0.25, 0.3) is 0 Å². The van der Waals surface area contributed by atoms with E-state index in [1.807, 2.05) is 55.5 Å². The number of anilines is 3. The molecule has 1 aliphatic carbocycles. The fourth-order valence-electron chi connectivity index (χ4n) is 4.11. The molecule has 176 valence electrons. The van der Waals surface area contributed by atoms with Gasteiger partial charge in [-0.3, -0.25) is 0 Å². The molecule has 1 saturated carbocycles. The van der Waals surface area contributed by atoms with Gasteiger partial charge in [0.2, 0.25) is 0 Å². The molecule has 1 aliphatic rings. The highest BCUT2D eigenvalue weighted by atomic mass is 16.4. The molecule has 0 saturated heterocycles. The summed E-state index contributed by atoms with van der Waals surface area (Å²) in [4.78, 5) is 27.0. The maximum atomic E-state index is 12.9. The number of amides is 2. The number of carboxylic acid groups (broad SMARTS) is 1. The third kappa shape index (κ3) is 5.76. The maximum Gasteiger partial charge on any atom is 0.336 e. The van der Waals surface area contributed by atoms with Crippen LogP contribution >= 0.6 is 0 Å². The fourth-order valence-corrected chi connectivity index (χ4v) is 4.11. The van der Waals surface area contributed by atoms with Crippen LogP contribution in [-0.4, -0.2) is 30.2 Å². The number of carbonyl (C=O) groups excluding carboxylic acids is 1. The van der Waals surface area contributed by atoms with Gasteiger partial charge >= 0.3 is 12.0 Å². The summed E-state index contributed by atoms with van der Waals surface area (Å²) in [6, 6.07) is 20.0. The van der Waals surface area contributed by atoms with Gasteiger partial charge in [-0.05, 0) is 73.6 Å². The molecule has 0 spiro atoms. The standard InChI is InChI=1S/C28H31N3O3/c1-3-16-31(18-20-10-11-20)26-15-12-21(23-6-4-5-7-24(23)27(32)33)17-25(26)30-28(34)29-22-13-8-19(2)9-14-22/h4-9,12-15,17,20H,3,10-11,16,18H2,1-2H3,(H,32,33)(H2,29,30,34). The summed E-state index contributed by atoms with van der Waals surface area (Å²) in [7, 11) is 0. The number of nitrogens with zero attached hydrogens (tertiary/aromatic N) is 1. The molecule has 0 aromatic heterocycles. The molecule has 0 atom stereocenters. The van der Waals surface area contributed by atoms with E-state index in [1.54, 1.807) is 18.2 Å². The molecule has 6 nitrogen and oxygen atoms in total. The average Bonchev–Trinajstić information content (AvgIpc) is 3.64. The highest BCUT2D eigenvalue weighted by molar-refractivity contribution is 6.03. The van der Waals surface area contributed by atoms with Crippen molar-refractivity contribution in [2.24, 2.45) is 5.92 Å². The van der Waals surface area contributed by atoms with Crippen LogP contribution in [0.25, 0.3) is 11.1 Å². The smallest absolute Gasteiger partial charge is 0.336 e. The van der Waals surface area contributed by atoms with E-state index in [-0.39, 0.29) is 11.6 Å². The first-order valence-corrected chi connectivity index (χ1v) is 11.8. The van der Waals surface area contributed by atoms with Gasteiger partial charge in [-0.2, -0.15) is 0 Å². The average molecular weight is 458 g/mol. The van der Waals surface area contributed by atoms with Gasteiger partial charge in [-0.25, -0.2) is 9.59 Å². The predicted molar refractivity (Wildman–Crippen MR) is 138 cm³/mol. The van der Waals surface area contributed by atoms with Crippen molar-refractivity contribution in [3.63, 3.8) is 0 Å². The quantitative estimate of drug-likeness (QED) is 0.337. The second kappa shape index (κ2) is 10.4. The largest absolute Gasteiger partial charge is 0.478 e. The van der Waals surface area contributed by atoms with Gasteiger partial charge in [0.15, 0.2) is 0 Å². The van der Waals surface area contributed by atoms with Gasteiger partial charge in [-0.1, -0.05) is 48.9 Å². The Morgan fingerprint density at radius 3 is 2.41 bits per heavy atom. The molecule has 3 aromatic rings. The van der Waals surface area contributed by atoms with Gasteiger partial charge in [0.1, 0.15) is 0 Å². The first-order valence-electron chi connectivity index (χ1n) is 11.8. The number of hydrogen-bond donors (Lipinski definition) is 3. The van der Waals surface area contributed by atoms with Crippen molar-refractivity contribution in [3.05, 3.63) is 77.9 Å². The van der Waals surface area contributed by atoms with Crippen molar-refractivity contribution in [2.75, 3.05) is 28.6 Å². The van der Waals surface area contributed by atoms with Crippen LogP contribution in [0.3, 0.4) is 0 Å². The zero-order valence-electron chi connectivity index (χ0n) is 19.7. The van der Waals surface area contributed by atoms with E-state index in [2.05, 4.69) is 22.5 Å². The molecule has 6 heteroatoms. The summed E-state index contributed by atoms with van der Waals surface area (Å²) in [6.07, 6.45) is 3.47. The Kier molecular flexibility index (Phi) is 7.16. The van der Waals surface area contributed by atoms with E-state index in [0.717, 1.165) is 36.3 Å². The zero-order valence-corrected chi connectivity index (χ0v) is 19.7. The van der Waals surface area contributed by atoms with E-state index in [0.29, 0.717) is 22.9 Å². The Morgan fingerprint density at radius 2 is 1.74 bits per heavy atom. The van der Waals surface area contributed by atoms with Crippen molar-refractivity contribution in [3.8, 4) is 11.1 Å². The number of nitrogens with one attached hydrogen (secondary N) is 2. The second-order valence-corrected chi connectivity index (χ2v) is 8.92. The van der Waals surface area contributed by atoms with Crippen molar-refractivity contribution in [1.29, 1.82) is 0 Å². The maximum absolute atomic E-state index is 12.9. The number of carbonyl (C=O) groups is 2. The third-order valence-electron chi connectivity index (χ3n) is 6.03. The van der Waals surface area contributed by atoms with Crippen molar-refractivity contribution >= 4 is 29.1 Å². The Hall–Kier alpha value is -3.80. The van der Waals surface area contributed by atoms with Crippen LogP contribution in [0.2, 0.25) is 0 Å². The molecule has 0 heterocycles. The molecule has 0 unspecified atom stereocenters. The minimum atomic E-state index is -0.979. The van der Waals surface area contributed by atoms with Crippen molar-refractivity contribution in [2.45, 2.75) is 33.1 Å². The van der Waals surface area contributed by atoms with Crippen LogP contribution in [0.1, 0.15) is 42.1 Å². The lowest BCUT2D eigenvalue weighted by atomic mass is 9.98. The first kappa shape index (κ1) is 23.4. The predicted octanol–water partition coefficient (Wildman–Crippen LogP) is 6.63. The van der Waals surface area contributed by atoms with E-state index >= 15 is 0 Å². The van der Waals surface area contributed by atoms with E-state index in [4.69, 9.17) is 0 Å². The van der Waals surface area contributed by atoms with Crippen LogP contribution in [0, 0.1) is 12.8 Å². The number of urea groups is 1. The summed E-state index contributed by atoms with van der Waals surface area (Å²) in [5.41, 5.74) is 5.03. The zero-order chi connectivity index (χ0) is 24.1. The van der Waals surface area contributed by atoms with Gasteiger partial charge in [0, 0.05) is 18.8 Å². The summed E-state index contributed by atoms with van der Waals surface area (Å²) in [5.74, 6) is -0.291. The van der Waals surface area contributed by atoms with Gasteiger partial charge < -0.3 is 20.6 Å². The van der Waals surface area contributed by atoms with Crippen LogP contribution in [0.15, 0.2) is 66.7 Å². The first-order chi connectivity index (χ1) is 16.4. The highest BCUT2D eigenvalue weighted by Gasteiger charge is 2.26. The molecule has 0 bridgehead atoms. The Bertz CT molecular complexity index is 1170.